The Labute approximate surface area is 139 Å². The van der Waals surface area contributed by atoms with Crippen molar-refractivity contribution in [1.29, 1.82) is 0 Å². The predicted octanol–water partition coefficient (Wildman–Crippen LogP) is 2.30. The summed E-state index contributed by atoms with van der Waals surface area (Å²) in [4.78, 5) is 4.19. The quantitative estimate of drug-likeness (QED) is 0.912. The van der Waals surface area contributed by atoms with Crippen molar-refractivity contribution in [3.8, 4) is 5.75 Å². The molecule has 0 radical (unpaired) electrons. The number of aryl methyl sites for hydroxylation is 1. The molecule has 2 aromatic carbocycles. The van der Waals surface area contributed by atoms with E-state index in [0.29, 0.717) is 0 Å². The first-order chi connectivity index (χ1) is 11.3. The summed E-state index contributed by atoms with van der Waals surface area (Å²) in [5.41, 5.74) is 4.17. The predicted molar refractivity (Wildman–Crippen MR) is 95.4 cm³/mol. The van der Waals surface area contributed by atoms with Crippen LogP contribution in [0.2, 0.25) is 0 Å². The molecule has 0 aliphatic carbocycles. The molecule has 0 aromatic heterocycles. The molecule has 2 aromatic rings. The number of anilines is 1. The van der Waals surface area contributed by atoms with Gasteiger partial charge in [-0.3, -0.25) is 0 Å². The number of quaternary nitrogens is 1. The van der Waals surface area contributed by atoms with E-state index in [1.807, 2.05) is 6.92 Å². The highest BCUT2D eigenvalue weighted by Gasteiger charge is 2.21. The van der Waals surface area contributed by atoms with Gasteiger partial charge in [0.05, 0.1) is 32.8 Å². The van der Waals surface area contributed by atoms with Crippen molar-refractivity contribution in [2.45, 2.75) is 20.4 Å². The van der Waals surface area contributed by atoms with Gasteiger partial charge < -0.3 is 14.5 Å². The molecule has 1 heterocycles. The van der Waals surface area contributed by atoms with Gasteiger partial charge in [-0.05, 0) is 49.7 Å². The van der Waals surface area contributed by atoms with Crippen LogP contribution in [0.5, 0.6) is 5.75 Å². The Morgan fingerprint density at radius 1 is 1.00 bits per heavy atom. The lowest BCUT2D eigenvalue weighted by atomic mass is 10.1. The Morgan fingerprint density at radius 3 is 2.35 bits per heavy atom. The number of benzene rings is 2. The maximum absolute atomic E-state index is 5.51. The summed E-state index contributed by atoms with van der Waals surface area (Å²) in [5, 5.41) is 0. The molecule has 3 nitrogen and oxygen atoms in total. The first-order valence-corrected chi connectivity index (χ1v) is 8.62. The second-order valence-corrected chi connectivity index (χ2v) is 6.28. The van der Waals surface area contributed by atoms with Gasteiger partial charge in [-0.1, -0.05) is 18.2 Å². The minimum absolute atomic E-state index is 0.728. The average molecular weight is 311 g/mol. The lowest BCUT2D eigenvalue weighted by Gasteiger charge is -2.34. The van der Waals surface area contributed by atoms with Crippen molar-refractivity contribution in [2.24, 2.45) is 0 Å². The summed E-state index contributed by atoms with van der Waals surface area (Å²) in [6.07, 6.45) is 0. The number of hydrogen-bond donors (Lipinski definition) is 1. The minimum atomic E-state index is 0.728. The van der Waals surface area contributed by atoms with Crippen LogP contribution in [0.25, 0.3) is 0 Å². The molecule has 1 fully saturated rings. The number of ether oxygens (including phenoxy) is 1. The minimum Gasteiger partial charge on any atom is -0.494 e. The van der Waals surface area contributed by atoms with Crippen LogP contribution in [0.3, 0.4) is 0 Å². The maximum atomic E-state index is 5.51. The first kappa shape index (κ1) is 15.9. The number of hydrogen-bond acceptors (Lipinski definition) is 2. The van der Waals surface area contributed by atoms with Crippen LogP contribution < -0.4 is 14.5 Å². The van der Waals surface area contributed by atoms with E-state index in [0.717, 1.165) is 32.0 Å². The van der Waals surface area contributed by atoms with Crippen LogP contribution in [0.15, 0.2) is 48.5 Å². The zero-order valence-corrected chi connectivity index (χ0v) is 14.2. The third-order valence-corrected chi connectivity index (χ3v) is 4.62. The second-order valence-electron chi connectivity index (χ2n) is 6.28. The van der Waals surface area contributed by atoms with E-state index in [2.05, 4.69) is 60.4 Å². The molecular formula is C20H27N2O+. The smallest absolute Gasteiger partial charge is 0.119 e. The lowest BCUT2D eigenvalue weighted by molar-refractivity contribution is -0.914. The van der Waals surface area contributed by atoms with Gasteiger partial charge in [0.25, 0.3) is 0 Å². The van der Waals surface area contributed by atoms with Crippen LogP contribution in [-0.2, 0) is 6.54 Å². The molecule has 0 unspecified atom stereocenters. The van der Waals surface area contributed by atoms with E-state index in [-0.39, 0.29) is 0 Å². The molecule has 0 amide bonds. The summed E-state index contributed by atoms with van der Waals surface area (Å²) < 4.78 is 5.51. The van der Waals surface area contributed by atoms with Crippen molar-refractivity contribution < 1.29 is 9.64 Å². The summed E-state index contributed by atoms with van der Waals surface area (Å²) in [6, 6.07) is 17.3. The topological polar surface area (TPSA) is 16.9 Å². The zero-order valence-electron chi connectivity index (χ0n) is 14.2. The Kier molecular flexibility index (Phi) is 5.19. The Bertz CT molecular complexity index is 616. The van der Waals surface area contributed by atoms with Crippen molar-refractivity contribution in [3.63, 3.8) is 0 Å². The highest BCUT2D eigenvalue weighted by molar-refractivity contribution is 5.53. The van der Waals surface area contributed by atoms with Crippen molar-refractivity contribution >= 4 is 5.69 Å². The number of piperazine rings is 1. The van der Waals surface area contributed by atoms with Gasteiger partial charge in [-0.2, -0.15) is 0 Å². The van der Waals surface area contributed by atoms with Crippen LogP contribution >= 0.6 is 0 Å². The average Bonchev–Trinajstić information content (AvgIpc) is 2.58. The van der Waals surface area contributed by atoms with E-state index >= 15 is 0 Å². The SMILES string of the molecule is CCOc1ccc(C[NH+]2CCN(c3ccccc3C)CC2)cc1. The van der Waals surface area contributed by atoms with Crippen LogP contribution in [0.4, 0.5) is 5.69 Å². The first-order valence-electron chi connectivity index (χ1n) is 8.62. The van der Waals surface area contributed by atoms with E-state index in [9.17, 15) is 0 Å². The van der Waals surface area contributed by atoms with Gasteiger partial charge in [0.1, 0.15) is 12.3 Å². The second kappa shape index (κ2) is 7.51. The van der Waals surface area contributed by atoms with Crippen molar-refractivity contribution in [3.05, 3.63) is 59.7 Å². The molecule has 3 rings (SSSR count). The maximum Gasteiger partial charge on any atom is 0.119 e. The Hall–Kier alpha value is -2.00. The lowest BCUT2D eigenvalue weighted by Crippen LogP contribution is -3.13. The molecule has 1 aliphatic heterocycles. The number of rotatable bonds is 5. The molecule has 1 N–H and O–H groups in total. The van der Waals surface area contributed by atoms with Crippen LogP contribution in [-0.4, -0.2) is 32.8 Å². The summed E-state index contributed by atoms with van der Waals surface area (Å²) >= 11 is 0. The molecule has 0 saturated carbocycles. The molecule has 0 atom stereocenters. The van der Waals surface area contributed by atoms with Crippen LogP contribution in [0.1, 0.15) is 18.1 Å². The molecule has 23 heavy (non-hydrogen) atoms. The summed E-state index contributed by atoms with van der Waals surface area (Å²) in [5.74, 6) is 0.968. The number of nitrogens with one attached hydrogen (secondary N) is 1. The molecule has 122 valence electrons. The Morgan fingerprint density at radius 2 is 1.70 bits per heavy atom. The third-order valence-electron chi connectivity index (χ3n) is 4.62. The van der Waals surface area contributed by atoms with Gasteiger partial charge in [-0.25, -0.2) is 0 Å². The molecule has 0 bridgehead atoms. The molecule has 0 spiro atoms. The Balaban J connectivity index is 1.54. The fourth-order valence-corrected chi connectivity index (χ4v) is 3.32. The van der Waals surface area contributed by atoms with Crippen LogP contribution in [0, 0.1) is 6.92 Å². The monoisotopic (exact) mass is 311 g/mol. The largest absolute Gasteiger partial charge is 0.494 e. The van der Waals surface area contributed by atoms with E-state index in [1.165, 1.54) is 29.9 Å². The standard InChI is InChI=1S/C20H26N2O/c1-3-23-19-10-8-18(9-11-19)16-21-12-14-22(15-13-21)20-7-5-4-6-17(20)2/h4-11H,3,12-16H2,1-2H3/p+1. The van der Waals surface area contributed by atoms with Gasteiger partial charge in [0, 0.05) is 11.3 Å². The number of nitrogens with zero attached hydrogens (tertiary/aromatic N) is 1. The highest BCUT2D eigenvalue weighted by Crippen LogP contribution is 2.19. The number of para-hydroxylation sites is 1. The molecule has 3 heteroatoms. The summed E-state index contributed by atoms with van der Waals surface area (Å²) in [6.45, 7) is 10.7. The van der Waals surface area contributed by atoms with E-state index in [1.54, 1.807) is 4.90 Å². The zero-order chi connectivity index (χ0) is 16.1. The van der Waals surface area contributed by atoms with E-state index < -0.39 is 0 Å². The van der Waals surface area contributed by atoms with Gasteiger partial charge in [0.15, 0.2) is 0 Å². The molecule has 1 aliphatic rings. The molecule has 1 saturated heterocycles. The fourth-order valence-electron chi connectivity index (χ4n) is 3.32. The van der Waals surface area contributed by atoms with Gasteiger partial charge in [0.2, 0.25) is 0 Å². The third kappa shape index (κ3) is 4.05. The summed E-state index contributed by atoms with van der Waals surface area (Å²) in [7, 11) is 0. The molecular weight excluding hydrogens is 284 g/mol. The van der Waals surface area contributed by atoms with Crippen molar-refractivity contribution in [2.75, 3.05) is 37.7 Å². The highest BCUT2D eigenvalue weighted by atomic mass is 16.5. The van der Waals surface area contributed by atoms with Gasteiger partial charge in [-0.15, -0.1) is 0 Å². The van der Waals surface area contributed by atoms with E-state index in [4.69, 9.17) is 4.74 Å². The fraction of sp³-hybridized carbons (Fsp3) is 0.400. The normalized spacial score (nSPS) is 15.7. The van der Waals surface area contributed by atoms with Gasteiger partial charge >= 0.3 is 0 Å². The van der Waals surface area contributed by atoms with Crippen molar-refractivity contribution in [1.82, 2.24) is 0 Å².